The van der Waals surface area contributed by atoms with Gasteiger partial charge in [-0.25, -0.2) is 4.79 Å². The van der Waals surface area contributed by atoms with Crippen LogP contribution in [0.3, 0.4) is 0 Å². The maximum atomic E-state index is 11.3. The van der Waals surface area contributed by atoms with Crippen molar-refractivity contribution in [3.8, 4) is 0 Å². The summed E-state index contributed by atoms with van der Waals surface area (Å²) in [5.74, 6) is -0.252. The molecule has 15 heavy (non-hydrogen) atoms. The maximum Gasteiger partial charge on any atom is 0.331 e. The van der Waals surface area contributed by atoms with Crippen LogP contribution in [0, 0.1) is 0 Å². The predicted molar refractivity (Wildman–Crippen MR) is 60.3 cm³/mol. The first-order valence-electron chi connectivity index (χ1n) is 4.15. The zero-order valence-electron chi connectivity index (χ0n) is 8.20. The van der Waals surface area contributed by atoms with Gasteiger partial charge in [0.1, 0.15) is 0 Å². The lowest BCUT2D eigenvalue weighted by atomic mass is 10.4. The summed E-state index contributed by atoms with van der Waals surface area (Å²) in [6, 6.07) is 0. The molecular formula is C9H9BrO4S. The van der Waals surface area contributed by atoms with Gasteiger partial charge in [-0.05, 0) is 34.6 Å². The zero-order valence-corrected chi connectivity index (χ0v) is 10.6. The molecule has 0 spiro atoms. The molecule has 0 unspecified atom stereocenters. The van der Waals surface area contributed by atoms with Crippen LogP contribution in [0.15, 0.2) is 21.2 Å². The molecule has 1 aliphatic rings. The van der Waals surface area contributed by atoms with Crippen LogP contribution in [0.2, 0.25) is 0 Å². The molecule has 6 heteroatoms. The van der Waals surface area contributed by atoms with Gasteiger partial charge >= 0.3 is 5.97 Å². The van der Waals surface area contributed by atoms with Crippen LogP contribution >= 0.6 is 27.7 Å². The fraction of sp³-hybridized carbons (Fsp3) is 0.333. The molecule has 1 heterocycles. The highest BCUT2D eigenvalue weighted by molar-refractivity contribution is 9.12. The topological polar surface area (TPSA) is 52.6 Å². The van der Waals surface area contributed by atoms with Gasteiger partial charge in [-0.3, -0.25) is 4.79 Å². The van der Waals surface area contributed by atoms with E-state index in [2.05, 4.69) is 15.9 Å². The molecule has 0 aromatic heterocycles. The summed E-state index contributed by atoms with van der Waals surface area (Å²) in [6.07, 6.45) is 1.27. The summed E-state index contributed by atoms with van der Waals surface area (Å²) >= 11 is 4.12. The van der Waals surface area contributed by atoms with Crippen molar-refractivity contribution in [1.29, 1.82) is 0 Å². The minimum absolute atomic E-state index is 0.218. The van der Waals surface area contributed by atoms with Gasteiger partial charge < -0.3 is 9.47 Å². The molecule has 0 amide bonds. The fourth-order valence-electron chi connectivity index (χ4n) is 0.949. The van der Waals surface area contributed by atoms with Crippen molar-refractivity contribution in [1.82, 2.24) is 0 Å². The van der Waals surface area contributed by atoms with Gasteiger partial charge in [0.05, 0.1) is 18.2 Å². The lowest BCUT2D eigenvalue weighted by Gasteiger charge is -1.97. The smallest absolute Gasteiger partial charge is 0.331 e. The SMILES string of the molecule is CCOC(=O)/C=C1\SC(=O)C(OC)=C1Br. The van der Waals surface area contributed by atoms with Gasteiger partial charge in [0, 0.05) is 11.0 Å². The molecule has 0 saturated heterocycles. The summed E-state index contributed by atoms with van der Waals surface area (Å²) < 4.78 is 10.1. The molecule has 4 nitrogen and oxygen atoms in total. The van der Waals surface area contributed by atoms with E-state index in [0.29, 0.717) is 16.0 Å². The summed E-state index contributed by atoms with van der Waals surface area (Å²) in [7, 11) is 1.41. The number of thioether (sulfide) groups is 1. The van der Waals surface area contributed by atoms with Gasteiger partial charge in [-0.1, -0.05) is 0 Å². The number of esters is 1. The standard InChI is InChI=1S/C9H9BrO4S/c1-3-14-6(11)4-5-7(10)8(13-2)9(12)15-5/h4H,3H2,1-2H3/b5-4-. The summed E-state index contributed by atoms with van der Waals surface area (Å²) in [4.78, 5) is 23.0. The van der Waals surface area contributed by atoms with Gasteiger partial charge in [-0.2, -0.15) is 0 Å². The van der Waals surface area contributed by atoms with E-state index in [4.69, 9.17) is 9.47 Å². The summed E-state index contributed by atoms with van der Waals surface area (Å²) in [6.45, 7) is 2.02. The lowest BCUT2D eigenvalue weighted by Crippen LogP contribution is -1.99. The Balaban J connectivity index is 2.87. The van der Waals surface area contributed by atoms with Crippen molar-refractivity contribution in [3.05, 3.63) is 21.2 Å². The van der Waals surface area contributed by atoms with Crippen LogP contribution in [-0.4, -0.2) is 24.8 Å². The Kier molecular flexibility index (Phi) is 4.41. The van der Waals surface area contributed by atoms with Crippen LogP contribution in [0.1, 0.15) is 6.92 Å². The van der Waals surface area contributed by atoms with Gasteiger partial charge in [0.25, 0.3) is 5.12 Å². The van der Waals surface area contributed by atoms with E-state index in [1.54, 1.807) is 6.92 Å². The van der Waals surface area contributed by atoms with Crippen molar-refractivity contribution in [2.24, 2.45) is 0 Å². The molecule has 0 bridgehead atoms. The number of allylic oxidation sites excluding steroid dienone is 1. The second-order valence-corrected chi connectivity index (χ2v) is 4.31. The first kappa shape index (κ1) is 12.3. The Morgan fingerprint density at radius 1 is 1.60 bits per heavy atom. The first-order valence-corrected chi connectivity index (χ1v) is 5.75. The minimum atomic E-state index is -0.470. The third-order valence-corrected chi connectivity index (χ3v) is 3.51. The number of hydrogen-bond acceptors (Lipinski definition) is 5. The highest BCUT2D eigenvalue weighted by atomic mass is 79.9. The van der Waals surface area contributed by atoms with Crippen molar-refractivity contribution in [3.63, 3.8) is 0 Å². The van der Waals surface area contributed by atoms with E-state index in [9.17, 15) is 9.59 Å². The largest absolute Gasteiger partial charge is 0.491 e. The number of halogens is 1. The van der Waals surface area contributed by atoms with Crippen molar-refractivity contribution in [2.45, 2.75) is 6.92 Å². The van der Waals surface area contributed by atoms with Crippen LogP contribution in [-0.2, 0) is 19.1 Å². The third-order valence-electron chi connectivity index (χ3n) is 1.54. The van der Waals surface area contributed by atoms with Crippen molar-refractivity contribution in [2.75, 3.05) is 13.7 Å². The Labute approximate surface area is 99.8 Å². The molecule has 1 aliphatic heterocycles. The first-order chi connectivity index (χ1) is 7.10. The molecule has 0 radical (unpaired) electrons. The second kappa shape index (κ2) is 5.37. The number of ether oxygens (including phenoxy) is 2. The van der Waals surface area contributed by atoms with E-state index in [1.807, 2.05) is 0 Å². The Morgan fingerprint density at radius 2 is 2.27 bits per heavy atom. The molecule has 0 fully saturated rings. The van der Waals surface area contributed by atoms with Crippen LogP contribution in [0.25, 0.3) is 0 Å². The average molecular weight is 293 g/mol. The van der Waals surface area contributed by atoms with E-state index < -0.39 is 5.97 Å². The monoisotopic (exact) mass is 292 g/mol. The lowest BCUT2D eigenvalue weighted by molar-refractivity contribution is -0.137. The molecule has 0 aromatic rings. The van der Waals surface area contributed by atoms with E-state index in [1.165, 1.54) is 13.2 Å². The average Bonchev–Trinajstić information content (AvgIpc) is 2.42. The molecule has 0 aliphatic carbocycles. The molecule has 82 valence electrons. The normalized spacial score (nSPS) is 18.6. The van der Waals surface area contributed by atoms with Gasteiger partial charge in [-0.15, -0.1) is 0 Å². The van der Waals surface area contributed by atoms with Crippen molar-refractivity contribution < 1.29 is 19.1 Å². The number of rotatable bonds is 3. The highest BCUT2D eigenvalue weighted by Gasteiger charge is 2.28. The molecule has 0 N–H and O–H groups in total. The maximum absolute atomic E-state index is 11.3. The van der Waals surface area contributed by atoms with E-state index in [-0.39, 0.29) is 10.9 Å². The highest BCUT2D eigenvalue weighted by Crippen LogP contribution is 2.41. The molecular weight excluding hydrogens is 284 g/mol. The summed E-state index contributed by atoms with van der Waals surface area (Å²) in [5.41, 5.74) is 0. The van der Waals surface area contributed by atoms with Crippen molar-refractivity contribution >= 4 is 38.8 Å². The van der Waals surface area contributed by atoms with Crippen LogP contribution in [0.4, 0.5) is 0 Å². The fourth-order valence-corrected chi connectivity index (χ4v) is 2.59. The number of methoxy groups -OCH3 is 1. The van der Waals surface area contributed by atoms with E-state index >= 15 is 0 Å². The quantitative estimate of drug-likeness (QED) is 0.588. The molecule has 0 saturated carbocycles. The molecule has 0 atom stereocenters. The second-order valence-electron chi connectivity index (χ2n) is 2.50. The predicted octanol–water partition coefficient (Wildman–Crippen LogP) is 1.96. The zero-order chi connectivity index (χ0) is 11.4. The minimum Gasteiger partial charge on any atom is -0.491 e. The number of carbonyl (C=O) groups is 2. The molecule has 1 rings (SSSR count). The van der Waals surface area contributed by atoms with Crippen LogP contribution in [0.5, 0.6) is 0 Å². The number of hydrogen-bond donors (Lipinski definition) is 0. The number of carbonyl (C=O) groups excluding carboxylic acids is 2. The summed E-state index contributed by atoms with van der Waals surface area (Å²) in [5, 5.41) is -0.222. The van der Waals surface area contributed by atoms with Crippen LogP contribution < -0.4 is 0 Å². The molecule has 0 aromatic carbocycles. The Bertz CT molecular complexity index is 359. The van der Waals surface area contributed by atoms with E-state index in [0.717, 1.165) is 11.8 Å². The van der Waals surface area contributed by atoms with Gasteiger partial charge in [0.15, 0.2) is 5.76 Å². The Hall–Kier alpha value is -0.750. The Morgan fingerprint density at radius 3 is 2.73 bits per heavy atom. The third kappa shape index (κ3) is 2.85. The van der Waals surface area contributed by atoms with Gasteiger partial charge in [0.2, 0.25) is 0 Å².